The van der Waals surface area contributed by atoms with Crippen molar-refractivity contribution in [1.29, 1.82) is 0 Å². The van der Waals surface area contributed by atoms with E-state index in [9.17, 15) is 28.4 Å². The van der Waals surface area contributed by atoms with Gasteiger partial charge in [0, 0.05) is 22.2 Å². The first-order valence-corrected chi connectivity index (χ1v) is 12.7. The molecule has 0 saturated carbocycles. The van der Waals surface area contributed by atoms with Crippen LogP contribution in [0.5, 0.6) is 0 Å². The van der Waals surface area contributed by atoms with Gasteiger partial charge in [0.1, 0.15) is 16.4 Å². The molecular weight excluding hydrogens is 568 g/mol. The Kier molecular flexibility index (Phi) is 7.36. The van der Waals surface area contributed by atoms with Crippen molar-refractivity contribution in [3.8, 4) is 11.3 Å². The van der Waals surface area contributed by atoms with Crippen molar-refractivity contribution in [3.05, 3.63) is 105 Å². The number of anilines is 2. The summed E-state index contributed by atoms with van der Waals surface area (Å²) in [5.74, 6) is -0.410. The summed E-state index contributed by atoms with van der Waals surface area (Å²) >= 11 is 3.45. The van der Waals surface area contributed by atoms with E-state index in [4.69, 9.17) is 4.42 Å². The lowest BCUT2D eigenvalue weighted by Crippen LogP contribution is -2.17. The summed E-state index contributed by atoms with van der Waals surface area (Å²) in [7, 11) is -4.47. The maximum Gasteiger partial charge on any atom is 0.337 e. The van der Waals surface area contributed by atoms with Gasteiger partial charge in [-0.05, 0) is 36.4 Å². The van der Waals surface area contributed by atoms with Gasteiger partial charge in [0.2, 0.25) is 0 Å². The Morgan fingerprint density at radius 1 is 1.03 bits per heavy atom. The number of benzene rings is 3. The largest absolute Gasteiger partial charge is 0.478 e. The first-order valence-electron chi connectivity index (χ1n) is 10.4. The second-order valence-corrected chi connectivity index (χ2v) is 9.95. The topological polar surface area (TPSA) is 164 Å². The Labute approximate surface area is 218 Å². The Balaban J connectivity index is 1.63. The minimum atomic E-state index is -4.47. The smallest absolute Gasteiger partial charge is 0.337 e. The lowest BCUT2D eigenvalue weighted by molar-refractivity contribution is -0.385. The minimum absolute atomic E-state index is 0.0836. The maximum absolute atomic E-state index is 13.2. The average Bonchev–Trinajstić information content (AvgIpc) is 3.33. The molecule has 3 N–H and O–H groups in total. The van der Waals surface area contributed by atoms with Crippen LogP contribution in [0.2, 0.25) is 0 Å². The summed E-state index contributed by atoms with van der Waals surface area (Å²) in [5, 5.41) is 24.6. The van der Waals surface area contributed by atoms with E-state index in [0.29, 0.717) is 11.5 Å². The number of sulfonamides is 1. The van der Waals surface area contributed by atoms with Crippen molar-refractivity contribution >= 4 is 55.2 Å². The monoisotopic (exact) mass is 584 g/mol. The highest BCUT2D eigenvalue weighted by atomic mass is 79.9. The molecule has 1 heterocycles. The number of nitro benzene ring substituents is 1. The molecule has 0 spiro atoms. The number of para-hydroxylation sites is 1. The number of carboxylic acid groups (broad SMARTS) is 1. The zero-order valence-electron chi connectivity index (χ0n) is 18.7. The number of rotatable bonds is 9. The highest BCUT2D eigenvalue weighted by Crippen LogP contribution is 2.30. The summed E-state index contributed by atoms with van der Waals surface area (Å²) in [6.45, 7) is 0. The van der Waals surface area contributed by atoms with E-state index in [0.717, 1.165) is 22.2 Å². The molecule has 0 saturated heterocycles. The molecule has 0 aliphatic rings. The van der Waals surface area contributed by atoms with E-state index < -0.39 is 31.5 Å². The molecular formula is C24H17BrN4O7S. The normalized spacial score (nSPS) is 11.4. The first-order chi connectivity index (χ1) is 17.7. The van der Waals surface area contributed by atoms with Gasteiger partial charge in [-0.3, -0.25) is 20.3 Å². The number of halogens is 1. The van der Waals surface area contributed by atoms with Crippen LogP contribution < -0.4 is 10.1 Å². The lowest BCUT2D eigenvalue weighted by Gasteiger charge is -2.13. The van der Waals surface area contributed by atoms with Gasteiger partial charge in [0.05, 0.1) is 28.1 Å². The summed E-state index contributed by atoms with van der Waals surface area (Å²) in [6, 6.07) is 19.4. The van der Waals surface area contributed by atoms with E-state index in [-0.39, 0.29) is 16.9 Å². The number of furan rings is 1. The number of nitrogens with one attached hydrogen (secondary N) is 2. The Bertz CT molecular complexity index is 1630. The lowest BCUT2D eigenvalue weighted by atomic mass is 10.2. The molecule has 1 aromatic heterocycles. The summed E-state index contributed by atoms with van der Waals surface area (Å²) in [4.78, 5) is 21.5. The molecule has 11 nitrogen and oxygen atoms in total. The summed E-state index contributed by atoms with van der Waals surface area (Å²) < 4.78 is 35.1. The summed E-state index contributed by atoms with van der Waals surface area (Å²) in [5.41, 5.74) is 2.33. The SMILES string of the molecule is O=C(O)c1ccccc1NS(=O)(=O)c1cc([N+](=O)[O-])ccc1N/N=C/c1ccc(-c2ccccc2Br)o1. The van der Waals surface area contributed by atoms with Gasteiger partial charge < -0.3 is 9.52 Å². The number of nitrogens with zero attached hydrogens (tertiary/aromatic N) is 2. The molecule has 13 heteroatoms. The van der Waals surface area contributed by atoms with Crippen LogP contribution in [-0.2, 0) is 10.0 Å². The van der Waals surface area contributed by atoms with Crippen LogP contribution in [0.3, 0.4) is 0 Å². The molecule has 0 aliphatic heterocycles. The van der Waals surface area contributed by atoms with E-state index in [2.05, 4.69) is 31.2 Å². The molecule has 188 valence electrons. The number of hydrogen-bond donors (Lipinski definition) is 3. The van der Waals surface area contributed by atoms with E-state index in [1.807, 2.05) is 24.3 Å². The van der Waals surface area contributed by atoms with Crippen molar-refractivity contribution in [2.45, 2.75) is 4.90 Å². The zero-order valence-corrected chi connectivity index (χ0v) is 21.1. The molecule has 3 aromatic carbocycles. The molecule has 4 aromatic rings. The van der Waals surface area contributed by atoms with Crippen molar-refractivity contribution in [2.24, 2.45) is 5.10 Å². The van der Waals surface area contributed by atoms with E-state index >= 15 is 0 Å². The Morgan fingerprint density at radius 2 is 1.76 bits per heavy atom. The third kappa shape index (κ3) is 5.85. The van der Waals surface area contributed by atoms with Gasteiger partial charge in [0.25, 0.3) is 15.7 Å². The second-order valence-electron chi connectivity index (χ2n) is 7.45. The van der Waals surface area contributed by atoms with Gasteiger partial charge in [-0.2, -0.15) is 5.10 Å². The standard InChI is InChI=1S/C24H17BrN4O7S/c25-19-7-3-1-5-17(19)22-12-10-16(36-22)14-26-27-21-11-9-15(29(32)33)13-23(21)37(34,35)28-20-8-4-2-6-18(20)24(30)31/h1-14,27-28H,(H,30,31)/b26-14+. The number of carbonyl (C=O) groups is 1. The van der Waals surface area contributed by atoms with Gasteiger partial charge in [-0.25, -0.2) is 13.2 Å². The summed E-state index contributed by atoms with van der Waals surface area (Å²) in [6.07, 6.45) is 1.31. The van der Waals surface area contributed by atoms with Crippen LogP contribution in [0.1, 0.15) is 16.1 Å². The zero-order chi connectivity index (χ0) is 26.6. The van der Waals surface area contributed by atoms with Crippen LogP contribution in [0.25, 0.3) is 11.3 Å². The molecule has 4 rings (SSSR count). The van der Waals surface area contributed by atoms with Gasteiger partial charge in [-0.15, -0.1) is 0 Å². The Morgan fingerprint density at radius 3 is 2.49 bits per heavy atom. The fourth-order valence-electron chi connectivity index (χ4n) is 3.29. The van der Waals surface area contributed by atoms with E-state index in [1.165, 1.54) is 36.5 Å². The van der Waals surface area contributed by atoms with Crippen molar-refractivity contribution in [1.82, 2.24) is 0 Å². The molecule has 0 aliphatic carbocycles. The Hall–Kier alpha value is -4.49. The predicted molar refractivity (Wildman–Crippen MR) is 140 cm³/mol. The van der Waals surface area contributed by atoms with Gasteiger partial charge in [-0.1, -0.05) is 46.3 Å². The quantitative estimate of drug-likeness (QED) is 0.131. The first kappa shape index (κ1) is 25.6. The molecule has 0 atom stereocenters. The highest BCUT2D eigenvalue weighted by molar-refractivity contribution is 9.10. The third-order valence-corrected chi connectivity index (χ3v) is 7.11. The number of hydrogen-bond acceptors (Lipinski definition) is 8. The second kappa shape index (κ2) is 10.6. The molecule has 0 unspecified atom stereocenters. The fourth-order valence-corrected chi connectivity index (χ4v) is 5.03. The van der Waals surface area contributed by atoms with Crippen molar-refractivity contribution in [2.75, 3.05) is 10.1 Å². The van der Waals surface area contributed by atoms with Crippen LogP contribution in [-0.4, -0.2) is 30.6 Å². The number of carboxylic acids is 1. The minimum Gasteiger partial charge on any atom is -0.478 e. The molecule has 0 bridgehead atoms. The van der Waals surface area contributed by atoms with Gasteiger partial charge >= 0.3 is 5.97 Å². The van der Waals surface area contributed by atoms with Crippen LogP contribution in [0.4, 0.5) is 17.1 Å². The number of aromatic carboxylic acids is 1. The van der Waals surface area contributed by atoms with Gasteiger partial charge in [0.15, 0.2) is 0 Å². The molecule has 0 fully saturated rings. The average molecular weight is 585 g/mol. The third-order valence-electron chi connectivity index (χ3n) is 5.01. The predicted octanol–water partition coefficient (Wildman–Crippen LogP) is 5.56. The number of nitro groups is 1. The van der Waals surface area contributed by atoms with Crippen molar-refractivity contribution in [3.63, 3.8) is 0 Å². The maximum atomic E-state index is 13.2. The fraction of sp³-hybridized carbons (Fsp3) is 0. The highest BCUT2D eigenvalue weighted by Gasteiger charge is 2.24. The molecule has 37 heavy (non-hydrogen) atoms. The van der Waals surface area contributed by atoms with Crippen LogP contribution >= 0.6 is 15.9 Å². The van der Waals surface area contributed by atoms with E-state index in [1.54, 1.807) is 12.1 Å². The van der Waals surface area contributed by atoms with Crippen LogP contribution in [0, 0.1) is 10.1 Å². The van der Waals surface area contributed by atoms with Crippen LogP contribution in [0.15, 0.2) is 97.7 Å². The number of hydrazone groups is 1. The molecule has 0 radical (unpaired) electrons. The molecule has 0 amide bonds. The van der Waals surface area contributed by atoms with Crippen molar-refractivity contribution < 1.29 is 27.7 Å². The number of non-ortho nitro benzene ring substituents is 1.